The summed E-state index contributed by atoms with van der Waals surface area (Å²) in [6, 6.07) is 173. The number of furan rings is 3. The number of nitrogens with two attached hydrogens (primary N) is 1. The molecule has 26 rings (SSSR count). The maximum Gasteiger partial charge on any atom is 0.143 e. The van der Waals surface area contributed by atoms with Crippen molar-refractivity contribution in [2.24, 2.45) is 0 Å². The van der Waals surface area contributed by atoms with Crippen molar-refractivity contribution in [1.29, 1.82) is 0 Å². The van der Waals surface area contributed by atoms with Crippen LogP contribution in [0.1, 0.15) is 0 Å². The molecule has 0 spiro atoms. The molecule has 7 nitrogen and oxygen atoms in total. The number of rotatable bonds is 12. The zero-order chi connectivity index (χ0) is 90.5. The van der Waals surface area contributed by atoms with Crippen LogP contribution in [0, 0.1) is 0 Å². The first-order valence-electron chi connectivity index (χ1n) is 45.2. The summed E-state index contributed by atoms with van der Waals surface area (Å²) in [7, 11) is 0. The second-order valence-corrected chi connectivity index (χ2v) is 35.3. The van der Waals surface area contributed by atoms with Gasteiger partial charge in [0, 0.05) is 103 Å². The molecule has 135 heavy (non-hydrogen) atoms. The van der Waals surface area contributed by atoms with Crippen molar-refractivity contribution in [3.63, 3.8) is 0 Å². The Morgan fingerprint density at radius 3 is 0.763 bits per heavy atom. The summed E-state index contributed by atoms with van der Waals surface area (Å²) in [5.74, 6) is 0. The van der Waals surface area contributed by atoms with Gasteiger partial charge >= 0.3 is 0 Å². The first-order chi connectivity index (χ1) is 66.7. The minimum absolute atomic E-state index is 0.769. The molecular formula is C126H86Br2N4O3. The number of hydrogen-bond donors (Lipinski definition) is 3. The van der Waals surface area contributed by atoms with E-state index in [4.69, 9.17) is 19.0 Å². The number of anilines is 5. The summed E-state index contributed by atoms with van der Waals surface area (Å²) >= 11 is 7.00. The van der Waals surface area contributed by atoms with E-state index < -0.39 is 0 Å². The Kier molecular flexibility index (Phi) is 23.3. The van der Waals surface area contributed by atoms with Crippen LogP contribution in [-0.4, -0.2) is 4.57 Å². The minimum Gasteiger partial charge on any atom is -0.455 e. The first kappa shape index (κ1) is 83.8. The molecule has 0 saturated carbocycles. The van der Waals surface area contributed by atoms with Crippen LogP contribution in [0.2, 0.25) is 0 Å². The van der Waals surface area contributed by atoms with Crippen molar-refractivity contribution in [2.75, 3.05) is 16.4 Å². The molecule has 0 aliphatic rings. The standard InChI is InChI=1S/2C34H23NO.C24H16BrN.C18H13NO.C16H11Br/c2*1-2-9-28-23(7-1)8-5-11-29(28)24-15-19-26(20-16-24)35-27-21-17-25(18-22-27)30-12-6-13-32-31-10-3-4-14-33(31)36-34(30)32;25-18-15-13-17(14-16-18)19-7-1-4-10-22(19)26-23-11-5-2-8-20(23)21-9-3-6-12-24(21)26;19-13-10-8-12(9-11-13)14-5-3-6-16-15-4-1-2-7-17(15)20-18(14)16;17-14-10-8-13(9-11-14)16-7-3-5-12-4-1-2-6-15(12)16/h2*1-22,35H;1-16H;1-11H,19H2;1-11H. The monoisotopic (exact) mass is 1860 g/mol. The second kappa shape index (κ2) is 37.6. The number of hydrogen-bond acceptors (Lipinski definition) is 6. The van der Waals surface area contributed by atoms with Crippen LogP contribution in [-0.2, 0) is 0 Å². The van der Waals surface area contributed by atoms with E-state index in [2.05, 4.69) is 478 Å². The third kappa shape index (κ3) is 17.3. The topological polar surface area (TPSA) is 94.4 Å². The smallest absolute Gasteiger partial charge is 0.143 e. The van der Waals surface area contributed by atoms with Gasteiger partial charge in [-0.15, -0.1) is 0 Å². The number of nitrogens with zero attached hydrogens (tertiary/aromatic N) is 1. The minimum atomic E-state index is 0.769. The van der Waals surface area contributed by atoms with Gasteiger partial charge in [-0.2, -0.15) is 0 Å². The maximum atomic E-state index is 6.22. The lowest BCUT2D eigenvalue weighted by molar-refractivity contribution is 0.669. The first-order valence-corrected chi connectivity index (χ1v) is 46.8. The van der Waals surface area contributed by atoms with Crippen molar-refractivity contribution < 1.29 is 13.3 Å². The van der Waals surface area contributed by atoms with Crippen molar-refractivity contribution in [3.05, 3.63) is 506 Å². The van der Waals surface area contributed by atoms with Crippen molar-refractivity contribution >= 4 is 180 Å². The SMILES string of the molecule is Brc1ccc(-c2cccc3ccccc23)cc1.Brc1ccc(-c2ccccc2-n2c3ccccc3c3ccccc32)cc1.Nc1ccc(-c2cccc3c2oc2ccccc23)cc1.c1ccc2c(-c3ccc(Nc4ccc(-c5cccc6c5oc5ccccc56)cc4)cc3)cccc2c1.c1ccc2c(-c3ccc(Nc4ccc(-c5cccc6c5oc5ccccc56)cc4)cc3)cccc2c1. The fraction of sp³-hybridized carbons (Fsp3) is 0. The number of para-hydroxylation sites is 9. The molecule has 9 heteroatoms. The highest BCUT2D eigenvalue weighted by Gasteiger charge is 2.20. The van der Waals surface area contributed by atoms with Gasteiger partial charge in [0.05, 0.1) is 16.7 Å². The normalized spacial score (nSPS) is 11.2. The Balaban J connectivity index is 0.000000101. The van der Waals surface area contributed by atoms with E-state index in [1.165, 1.54) is 104 Å². The summed E-state index contributed by atoms with van der Waals surface area (Å²) in [4.78, 5) is 0. The third-order valence-electron chi connectivity index (χ3n) is 25.2. The quantitative estimate of drug-likeness (QED) is 0.106. The highest BCUT2D eigenvalue weighted by Crippen LogP contribution is 2.44. The Hall–Kier alpha value is -16.8. The van der Waals surface area contributed by atoms with E-state index >= 15 is 0 Å². The van der Waals surface area contributed by atoms with Crippen LogP contribution in [0.15, 0.2) is 520 Å². The summed E-state index contributed by atoms with van der Waals surface area (Å²) in [6.45, 7) is 0. The zero-order valence-corrected chi connectivity index (χ0v) is 76.5. The van der Waals surface area contributed by atoms with E-state index in [-0.39, 0.29) is 0 Å². The highest BCUT2D eigenvalue weighted by atomic mass is 79.9. The molecule has 26 aromatic rings. The predicted molar refractivity (Wildman–Crippen MR) is 578 cm³/mol. The van der Waals surface area contributed by atoms with Crippen LogP contribution in [0.5, 0.6) is 0 Å². The third-order valence-corrected chi connectivity index (χ3v) is 26.3. The number of aromatic nitrogens is 1. The van der Waals surface area contributed by atoms with Gasteiger partial charge in [0.15, 0.2) is 0 Å². The molecule has 0 aliphatic heterocycles. The average Bonchev–Trinajstić information content (AvgIpc) is 1.59. The van der Waals surface area contributed by atoms with E-state index in [1.54, 1.807) is 0 Å². The molecule has 0 radical (unpaired) electrons. The van der Waals surface area contributed by atoms with Gasteiger partial charge in [-0.25, -0.2) is 0 Å². The largest absolute Gasteiger partial charge is 0.455 e. The van der Waals surface area contributed by atoms with Crippen LogP contribution in [0.3, 0.4) is 0 Å². The number of fused-ring (bicyclic) bond motifs is 15. The number of benzene rings is 22. The van der Waals surface area contributed by atoms with E-state index in [1.807, 2.05) is 66.7 Å². The lowest BCUT2D eigenvalue weighted by atomic mass is 9.98. The fourth-order valence-corrected chi connectivity index (χ4v) is 19.2. The van der Waals surface area contributed by atoms with Crippen LogP contribution >= 0.6 is 31.9 Å². The molecule has 22 aromatic carbocycles. The zero-order valence-electron chi connectivity index (χ0n) is 73.3. The molecule has 642 valence electrons. The lowest BCUT2D eigenvalue weighted by Gasteiger charge is -2.14. The van der Waals surface area contributed by atoms with E-state index in [9.17, 15) is 0 Å². The second-order valence-electron chi connectivity index (χ2n) is 33.5. The number of halogens is 2. The lowest BCUT2D eigenvalue weighted by Crippen LogP contribution is -1.96. The van der Waals surface area contributed by atoms with Crippen LogP contribution < -0.4 is 16.4 Å². The van der Waals surface area contributed by atoms with Crippen molar-refractivity contribution in [1.82, 2.24) is 4.57 Å². The Morgan fingerprint density at radius 2 is 0.415 bits per heavy atom. The van der Waals surface area contributed by atoms with Crippen LogP contribution in [0.4, 0.5) is 28.4 Å². The van der Waals surface area contributed by atoms with Gasteiger partial charge in [0.2, 0.25) is 0 Å². The van der Waals surface area contributed by atoms with Gasteiger partial charge in [-0.3, -0.25) is 0 Å². The van der Waals surface area contributed by atoms with Gasteiger partial charge in [-0.1, -0.05) is 408 Å². The van der Waals surface area contributed by atoms with Crippen molar-refractivity contribution in [3.8, 4) is 83.6 Å². The Morgan fingerprint density at radius 1 is 0.185 bits per heavy atom. The van der Waals surface area contributed by atoms with Gasteiger partial charge in [-0.05, 0) is 209 Å². The van der Waals surface area contributed by atoms with Gasteiger partial charge < -0.3 is 34.2 Å². The molecule has 0 unspecified atom stereocenters. The predicted octanol–water partition coefficient (Wildman–Crippen LogP) is 37.0. The van der Waals surface area contributed by atoms with Crippen molar-refractivity contribution in [2.45, 2.75) is 0 Å². The maximum absolute atomic E-state index is 6.22. The Labute approximate surface area is 798 Å². The number of nitrogens with one attached hydrogen (secondary N) is 2. The molecule has 4 N–H and O–H groups in total. The highest BCUT2D eigenvalue weighted by molar-refractivity contribution is 9.10. The summed E-state index contributed by atoms with van der Waals surface area (Å²) in [5.41, 5.74) is 36.6. The van der Waals surface area contributed by atoms with Gasteiger partial charge in [0.25, 0.3) is 0 Å². The molecule has 4 heterocycles. The summed E-state index contributed by atoms with van der Waals surface area (Å²) < 4.78 is 23.1. The van der Waals surface area contributed by atoms with Crippen LogP contribution in [0.25, 0.3) is 204 Å². The molecule has 0 amide bonds. The van der Waals surface area contributed by atoms with Gasteiger partial charge in [0.1, 0.15) is 33.5 Å². The summed E-state index contributed by atoms with van der Waals surface area (Å²) in [5, 5.41) is 24.2. The molecule has 0 aliphatic carbocycles. The molecule has 0 bridgehead atoms. The average molecular weight is 1860 g/mol. The fourth-order valence-electron chi connectivity index (χ4n) is 18.6. The summed E-state index contributed by atoms with van der Waals surface area (Å²) in [6.07, 6.45) is 0. The molecule has 4 aromatic heterocycles. The van der Waals surface area contributed by atoms with E-state index in [0.717, 1.165) is 137 Å². The number of nitrogen functional groups attached to an aromatic ring is 1. The molecule has 0 atom stereocenters. The molecular weight excluding hydrogens is 1780 g/mol. The Bertz CT molecular complexity index is 8460. The molecule has 0 saturated heterocycles. The molecule has 0 fully saturated rings. The van der Waals surface area contributed by atoms with E-state index in [0.29, 0.717) is 0 Å².